The summed E-state index contributed by atoms with van der Waals surface area (Å²) in [5.41, 5.74) is 6.68. The highest BCUT2D eigenvalue weighted by Gasteiger charge is 1.99. The number of nitrogens with one attached hydrogen (secondary N) is 1. The van der Waals surface area contributed by atoms with Crippen LogP contribution in [0.3, 0.4) is 0 Å². The van der Waals surface area contributed by atoms with E-state index in [0.717, 1.165) is 11.3 Å². The Morgan fingerprint density at radius 3 is 1.68 bits per heavy atom. The van der Waals surface area contributed by atoms with Crippen LogP contribution in [0.25, 0.3) is 0 Å². The van der Waals surface area contributed by atoms with Crippen molar-refractivity contribution < 1.29 is 28.4 Å². The molecule has 0 fully saturated rings. The highest BCUT2D eigenvalue weighted by atomic mass is 16.6. The molecule has 0 radical (unpaired) electrons. The van der Waals surface area contributed by atoms with Crippen LogP contribution in [0.5, 0.6) is 5.75 Å². The number of ether oxygens (including phenoxy) is 6. The zero-order valence-corrected chi connectivity index (χ0v) is 16.8. The second-order valence-electron chi connectivity index (χ2n) is 5.85. The molecular formula is C20H34N2O6. The number of hydrogen-bond donors (Lipinski definition) is 2. The van der Waals surface area contributed by atoms with Gasteiger partial charge in [-0.05, 0) is 24.6 Å². The van der Waals surface area contributed by atoms with Crippen molar-refractivity contribution in [3.8, 4) is 5.75 Å². The molecular weight excluding hydrogens is 364 g/mol. The van der Waals surface area contributed by atoms with E-state index in [0.29, 0.717) is 84.9 Å². The third kappa shape index (κ3) is 13.6. The van der Waals surface area contributed by atoms with E-state index >= 15 is 0 Å². The van der Waals surface area contributed by atoms with Crippen molar-refractivity contribution in [1.82, 2.24) is 0 Å². The topological polar surface area (TPSA) is 105 Å². The Kier molecular flexibility index (Phi) is 15.3. The van der Waals surface area contributed by atoms with E-state index in [-0.39, 0.29) is 0 Å². The molecule has 0 aliphatic rings. The minimum absolute atomic E-state index is 0.459. The van der Waals surface area contributed by atoms with Crippen LogP contribution >= 0.6 is 0 Å². The monoisotopic (exact) mass is 398 g/mol. The van der Waals surface area contributed by atoms with Crippen LogP contribution in [-0.2, 0) is 23.7 Å². The molecule has 160 valence electrons. The molecule has 3 N–H and O–H groups in total. The van der Waals surface area contributed by atoms with Crippen molar-refractivity contribution in [3.05, 3.63) is 29.8 Å². The minimum atomic E-state index is 0.459. The van der Waals surface area contributed by atoms with Gasteiger partial charge in [0.2, 0.25) is 0 Å². The standard InChI is InChI=1S/C20H34N2O6/c1-18(22)19-3-2-4-20(17-19)28-16-15-27-14-13-26-12-11-25-10-9-24-8-7-23-6-5-21/h2-4,17,22H,5-16,21H2,1H3. The van der Waals surface area contributed by atoms with E-state index in [1.165, 1.54) is 0 Å². The van der Waals surface area contributed by atoms with Crippen LogP contribution in [0.15, 0.2) is 24.3 Å². The van der Waals surface area contributed by atoms with Gasteiger partial charge in [-0.25, -0.2) is 0 Å². The van der Waals surface area contributed by atoms with Gasteiger partial charge in [-0.3, -0.25) is 0 Å². The van der Waals surface area contributed by atoms with Crippen LogP contribution in [0.1, 0.15) is 12.5 Å². The first-order valence-corrected chi connectivity index (χ1v) is 9.61. The fourth-order valence-electron chi connectivity index (χ4n) is 2.10. The predicted octanol–water partition coefficient (Wildman–Crippen LogP) is 1.49. The van der Waals surface area contributed by atoms with Crippen molar-refractivity contribution in [3.63, 3.8) is 0 Å². The Morgan fingerprint density at radius 1 is 0.750 bits per heavy atom. The zero-order chi connectivity index (χ0) is 20.3. The summed E-state index contributed by atoms with van der Waals surface area (Å²) in [6, 6.07) is 7.49. The highest BCUT2D eigenvalue weighted by Crippen LogP contribution is 2.13. The molecule has 0 aromatic heterocycles. The van der Waals surface area contributed by atoms with Gasteiger partial charge in [0.15, 0.2) is 0 Å². The summed E-state index contributed by atoms with van der Waals surface area (Å²) in [6.45, 7) is 8.04. The molecule has 1 rings (SSSR count). The highest BCUT2D eigenvalue weighted by molar-refractivity contribution is 5.96. The molecule has 0 bridgehead atoms. The van der Waals surface area contributed by atoms with Gasteiger partial charge in [-0.2, -0.15) is 0 Å². The number of nitrogens with two attached hydrogens (primary N) is 1. The van der Waals surface area contributed by atoms with Crippen molar-refractivity contribution >= 4 is 5.71 Å². The van der Waals surface area contributed by atoms with Gasteiger partial charge < -0.3 is 39.6 Å². The average Bonchev–Trinajstić information content (AvgIpc) is 2.70. The Labute approximate surface area is 167 Å². The zero-order valence-electron chi connectivity index (χ0n) is 16.8. The molecule has 0 amide bonds. The van der Waals surface area contributed by atoms with Crippen LogP contribution in [0.2, 0.25) is 0 Å². The maximum Gasteiger partial charge on any atom is 0.120 e. The summed E-state index contributed by atoms with van der Waals surface area (Å²) in [6.07, 6.45) is 0. The predicted molar refractivity (Wildman–Crippen MR) is 108 cm³/mol. The maximum atomic E-state index is 7.62. The van der Waals surface area contributed by atoms with Crippen molar-refractivity contribution in [2.45, 2.75) is 6.92 Å². The van der Waals surface area contributed by atoms with E-state index in [1.54, 1.807) is 6.92 Å². The van der Waals surface area contributed by atoms with E-state index in [4.69, 9.17) is 39.6 Å². The SMILES string of the molecule is CC(=N)c1cccc(OCCOCCOCCOCCOCCOCCN)c1. The molecule has 0 aliphatic carbocycles. The molecule has 0 aliphatic heterocycles. The van der Waals surface area contributed by atoms with Crippen LogP contribution in [0, 0.1) is 5.41 Å². The number of benzene rings is 1. The Bertz CT molecular complexity index is 515. The summed E-state index contributed by atoms with van der Waals surface area (Å²) < 4.78 is 32.4. The Balaban J connectivity index is 1.81. The van der Waals surface area contributed by atoms with E-state index in [2.05, 4.69) is 0 Å². The van der Waals surface area contributed by atoms with Crippen LogP contribution in [-0.4, -0.2) is 84.9 Å². The fourth-order valence-corrected chi connectivity index (χ4v) is 2.10. The molecule has 8 heteroatoms. The second-order valence-corrected chi connectivity index (χ2v) is 5.85. The van der Waals surface area contributed by atoms with E-state index in [9.17, 15) is 0 Å². The first-order chi connectivity index (χ1) is 13.7. The van der Waals surface area contributed by atoms with Gasteiger partial charge in [0.05, 0.1) is 66.1 Å². The van der Waals surface area contributed by atoms with Gasteiger partial charge in [0.25, 0.3) is 0 Å². The molecule has 0 saturated heterocycles. The number of rotatable bonds is 19. The van der Waals surface area contributed by atoms with Gasteiger partial charge in [-0.15, -0.1) is 0 Å². The summed E-state index contributed by atoms with van der Waals surface area (Å²) in [7, 11) is 0. The number of hydrogen-bond acceptors (Lipinski definition) is 8. The van der Waals surface area contributed by atoms with Gasteiger partial charge in [0.1, 0.15) is 12.4 Å². The first-order valence-electron chi connectivity index (χ1n) is 9.61. The molecule has 28 heavy (non-hydrogen) atoms. The van der Waals surface area contributed by atoms with Gasteiger partial charge in [0, 0.05) is 12.3 Å². The van der Waals surface area contributed by atoms with E-state index in [1.807, 2.05) is 24.3 Å². The molecule has 0 saturated carbocycles. The molecule has 0 unspecified atom stereocenters. The summed E-state index contributed by atoms with van der Waals surface area (Å²) in [5.74, 6) is 0.744. The molecule has 0 spiro atoms. The maximum absolute atomic E-state index is 7.62. The molecule has 1 aromatic carbocycles. The van der Waals surface area contributed by atoms with Crippen molar-refractivity contribution in [1.29, 1.82) is 5.41 Å². The third-order valence-electron chi connectivity index (χ3n) is 3.51. The van der Waals surface area contributed by atoms with Gasteiger partial charge in [-0.1, -0.05) is 12.1 Å². The summed E-state index contributed by atoms with van der Waals surface area (Å²) in [4.78, 5) is 0. The summed E-state index contributed by atoms with van der Waals surface area (Å²) in [5, 5.41) is 7.62. The van der Waals surface area contributed by atoms with Crippen molar-refractivity contribution in [2.75, 3.05) is 79.2 Å². The largest absolute Gasteiger partial charge is 0.491 e. The Hall–Kier alpha value is -1.55. The van der Waals surface area contributed by atoms with Gasteiger partial charge >= 0.3 is 0 Å². The lowest BCUT2D eigenvalue weighted by Crippen LogP contribution is -2.15. The molecule has 0 atom stereocenters. The summed E-state index contributed by atoms with van der Waals surface area (Å²) >= 11 is 0. The lowest BCUT2D eigenvalue weighted by atomic mass is 10.1. The molecule has 8 nitrogen and oxygen atoms in total. The fraction of sp³-hybridized carbons (Fsp3) is 0.650. The molecule has 0 heterocycles. The average molecular weight is 399 g/mol. The quantitative estimate of drug-likeness (QED) is 0.269. The third-order valence-corrected chi connectivity index (χ3v) is 3.51. The normalized spacial score (nSPS) is 10.9. The minimum Gasteiger partial charge on any atom is -0.491 e. The Morgan fingerprint density at radius 2 is 1.21 bits per heavy atom. The van der Waals surface area contributed by atoms with Crippen LogP contribution < -0.4 is 10.5 Å². The second kappa shape index (κ2) is 17.5. The van der Waals surface area contributed by atoms with Crippen molar-refractivity contribution in [2.24, 2.45) is 5.73 Å². The lowest BCUT2D eigenvalue weighted by molar-refractivity contribution is -0.0122. The van der Waals surface area contributed by atoms with E-state index < -0.39 is 0 Å². The first kappa shape index (κ1) is 24.5. The molecule has 1 aromatic rings. The smallest absolute Gasteiger partial charge is 0.120 e. The van der Waals surface area contributed by atoms with Crippen LogP contribution in [0.4, 0.5) is 0 Å². The lowest BCUT2D eigenvalue weighted by Gasteiger charge is -2.09.